The van der Waals surface area contributed by atoms with Crippen LogP contribution in [0.2, 0.25) is 0 Å². The topological polar surface area (TPSA) is 85.1 Å². The average Bonchev–Trinajstić information content (AvgIpc) is 3.34. The van der Waals surface area contributed by atoms with Crippen molar-refractivity contribution in [3.8, 4) is 0 Å². The minimum Gasteiger partial charge on any atom is -0.506 e. The molecule has 8 nitrogen and oxygen atoms in total. The molecule has 0 saturated heterocycles. The van der Waals surface area contributed by atoms with E-state index in [-0.39, 0.29) is 11.7 Å². The van der Waals surface area contributed by atoms with Gasteiger partial charge < -0.3 is 30.1 Å². The highest BCUT2D eigenvalue weighted by Gasteiger charge is 2.21. The number of nitrogens with zero attached hydrogens (tertiary/aromatic N) is 4. The van der Waals surface area contributed by atoms with Crippen molar-refractivity contribution in [2.24, 2.45) is 4.99 Å². The lowest BCUT2D eigenvalue weighted by Crippen LogP contribution is -2.29. The Morgan fingerprint density at radius 2 is 1.90 bits per heavy atom. The largest absolute Gasteiger partial charge is 0.506 e. The van der Waals surface area contributed by atoms with Gasteiger partial charge in [-0.25, -0.2) is 4.99 Å². The number of aliphatic imine (C=N–C) groups is 1. The molecular formula is C34H44N6O2. The minimum atomic E-state index is -0.277. The maximum absolute atomic E-state index is 12.4. The molecule has 8 heteroatoms. The molecule has 0 fully saturated rings. The molecule has 3 N–H and O–H groups in total. The number of benzene rings is 2. The number of carbonyl (C=O) groups excluding carboxylic acids is 1. The lowest BCUT2D eigenvalue weighted by molar-refractivity contribution is -0.111. The van der Waals surface area contributed by atoms with Crippen LogP contribution in [-0.2, 0) is 17.8 Å². The van der Waals surface area contributed by atoms with Crippen molar-refractivity contribution in [3.05, 3.63) is 89.1 Å². The van der Waals surface area contributed by atoms with Crippen LogP contribution < -0.4 is 15.5 Å². The number of carbonyl (C=O) groups is 1. The van der Waals surface area contributed by atoms with Gasteiger partial charge in [0.1, 0.15) is 17.3 Å². The van der Waals surface area contributed by atoms with Crippen molar-refractivity contribution in [3.63, 3.8) is 0 Å². The van der Waals surface area contributed by atoms with Gasteiger partial charge in [-0.05, 0) is 95.6 Å². The van der Waals surface area contributed by atoms with Crippen molar-refractivity contribution in [1.82, 2.24) is 9.47 Å². The van der Waals surface area contributed by atoms with Gasteiger partial charge in [0.25, 0.3) is 0 Å². The molecule has 0 unspecified atom stereocenters. The van der Waals surface area contributed by atoms with Crippen LogP contribution >= 0.6 is 0 Å². The molecule has 222 valence electrons. The third kappa shape index (κ3) is 6.60. The highest BCUT2D eigenvalue weighted by atomic mass is 16.3. The Hall–Kier alpha value is -4.30. The Morgan fingerprint density at radius 3 is 2.57 bits per heavy atom. The predicted octanol–water partition coefficient (Wildman–Crippen LogP) is 6.63. The third-order valence-corrected chi connectivity index (χ3v) is 7.63. The van der Waals surface area contributed by atoms with E-state index in [9.17, 15) is 9.90 Å². The number of allylic oxidation sites excluding steroid dienone is 3. The second-order valence-electron chi connectivity index (χ2n) is 11.4. The van der Waals surface area contributed by atoms with E-state index in [1.54, 1.807) is 6.08 Å². The fourth-order valence-electron chi connectivity index (χ4n) is 5.24. The highest BCUT2D eigenvalue weighted by Crippen LogP contribution is 2.34. The van der Waals surface area contributed by atoms with Crippen LogP contribution in [0, 0.1) is 6.92 Å². The zero-order valence-electron chi connectivity index (χ0n) is 26.0. The average molecular weight is 569 g/mol. The first-order valence-corrected chi connectivity index (χ1v) is 14.5. The van der Waals surface area contributed by atoms with Gasteiger partial charge in [-0.2, -0.15) is 0 Å². The Kier molecular flexibility index (Phi) is 9.58. The van der Waals surface area contributed by atoms with Gasteiger partial charge >= 0.3 is 0 Å². The lowest BCUT2D eigenvalue weighted by atomic mass is 10.0. The number of nitrogens with one attached hydrogen (secondary N) is 2. The van der Waals surface area contributed by atoms with Gasteiger partial charge in [-0.3, -0.25) is 4.79 Å². The second kappa shape index (κ2) is 13.1. The number of anilines is 3. The third-order valence-electron chi connectivity index (χ3n) is 7.63. The molecule has 1 amide bonds. The molecule has 3 aromatic rings. The standard InChI is InChI=1S/C34H44N6O2/c1-9-30(41)32(26-21-40-16-12-14-24-13-11-15-25(26)33(24)40)37-34(22(3)4)36-27-20-28(35-31(42)10-2)29(19-23(27)5)39(8)18-17-38(6)7/h9-11,13,15,19-21,36,41H,2,12,14,16-18H2,1,3-8H3,(H,35,42)/b30-9+,37-32-. The van der Waals surface area contributed by atoms with Crippen LogP contribution in [0.3, 0.4) is 0 Å². The zero-order valence-corrected chi connectivity index (χ0v) is 26.0. The summed E-state index contributed by atoms with van der Waals surface area (Å²) in [6.45, 7) is 14.1. The van der Waals surface area contributed by atoms with Gasteiger partial charge in [-0.1, -0.05) is 24.8 Å². The van der Waals surface area contributed by atoms with E-state index < -0.39 is 0 Å². The summed E-state index contributed by atoms with van der Waals surface area (Å²) < 4.78 is 2.28. The molecule has 0 bridgehead atoms. The van der Waals surface area contributed by atoms with Gasteiger partial charge in [0, 0.05) is 49.5 Å². The van der Waals surface area contributed by atoms with Crippen molar-refractivity contribution < 1.29 is 9.90 Å². The fourth-order valence-corrected chi connectivity index (χ4v) is 5.24. The van der Waals surface area contributed by atoms with Crippen LogP contribution in [0.4, 0.5) is 17.1 Å². The summed E-state index contributed by atoms with van der Waals surface area (Å²) in [4.78, 5) is 21.7. The summed E-state index contributed by atoms with van der Waals surface area (Å²) in [5, 5.41) is 18.7. The number of likely N-dealkylation sites (N-methyl/N-ethyl adjacent to an activating group) is 2. The Bertz CT molecular complexity index is 1590. The first-order chi connectivity index (χ1) is 20.0. The number of aromatic nitrogens is 1. The lowest BCUT2D eigenvalue weighted by Gasteiger charge is -2.26. The Morgan fingerprint density at radius 1 is 1.14 bits per heavy atom. The van der Waals surface area contributed by atoms with E-state index in [1.165, 1.54) is 17.2 Å². The predicted molar refractivity (Wildman–Crippen MR) is 177 cm³/mol. The summed E-state index contributed by atoms with van der Waals surface area (Å²) in [7, 11) is 6.10. The van der Waals surface area contributed by atoms with Crippen LogP contribution in [-0.4, -0.2) is 60.4 Å². The van der Waals surface area contributed by atoms with E-state index in [0.717, 1.165) is 65.9 Å². The molecule has 0 atom stereocenters. The van der Waals surface area contributed by atoms with Gasteiger partial charge in [0.2, 0.25) is 5.91 Å². The number of para-hydroxylation sites is 1. The summed E-state index contributed by atoms with van der Waals surface area (Å²) in [5.41, 5.74) is 8.31. The van der Waals surface area contributed by atoms with Crippen molar-refractivity contribution in [2.45, 2.75) is 47.1 Å². The molecule has 0 aliphatic carbocycles. The summed E-state index contributed by atoms with van der Waals surface area (Å²) >= 11 is 0. The van der Waals surface area contributed by atoms with Crippen molar-refractivity contribution in [2.75, 3.05) is 49.8 Å². The molecule has 1 aliphatic heterocycles. The molecule has 42 heavy (non-hydrogen) atoms. The Balaban J connectivity index is 1.79. The minimum absolute atomic E-state index is 0.118. The molecule has 2 aromatic carbocycles. The summed E-state index contributed by atoms with van der Waals surface area (Å²) in [5.74, 6) is 0.469. The molecular weight excluding hydrogens is 524 g/mol. The number of aryl methyl sites for hydroxylation is 3. The van der Waals surface area contributed by atoms with Crippen LogP contribution in [0.5, 0.6) is 0 Å². The second-order valence-corrected chi connectivity index (χ2v) is 11.4. The highest BCUT2D eigenvalue weighted by molar-refractivity contribution is 6.19. The molecule has 0 spiro atoms. The molecule has 0 saturated carbocycles. The molecule has 2 heterocycles. The van der Waals surface area contributed by atoms with Gasteiger partial charge in [0.05, 0.1) is 16.9 Å². The summed E-state index contributed by atoms with van der Waals surface area (Å²) in [6.07, 6.45) is 7.20. The molecule has 1 aliphatic rings. The van der Waals surface area contributed by atoms with Crippen LogP contribution in [0.25, 0.3) is 10.9 Å². The molecule has 4 rings (SSSR count). The van der Waals surface area contributed by atoms with E-state index in [0.29, 0.717) is 17.2 Å². The number of aliphatic hydroxyl groups excluding tert-OH is 1. The van der Waals surface area contributed by atoms with E-state index in [4.69, 9.17) is 4.99 Å². The van der Waals surface area contributed by atoms with Crippen LogP contribution in [0.1, 0.15) is 43.9 Å². The maximum atomic E-state index is 12.4. The number of hydrogen-bond donors (Lipinski definition) is 3. The van der Waals surface area contributed by atoms with E-state index >= 15 is 0 Å². The smallest absolute Gasteiger partial charge is 0.247 e. The van der Waals surface area contributed by atoms with Gasteiger partial charge in [-0.15, -0.1) is 0 Å². The normalized spacial score (nSPS) is 13.3. The number of amides is 1. The molecule has 1 aromatic heterocycles. The monoisotopic (exact) mass is 568 g/mol. The van der Waals surface area contributed by atoms with E-state index in [2.05, 4.69) is 62.0 Å². The quantitative estimate of drug-likeness (QED) is 0.137. The number of rotatable bonds is 11. The maximum Gasteiger partial charge on any atom is 0.247 e. The van der Waals surface area contributed by atoms with Crippen molar-refractivity contribution in [1.29, 1.82) is 0 Å². The number of aliphatic hydroxyl groups is 1. The van der Waals surface area contributed by atoms with Gasteiger partial charge in [0.15, 0.2) is 0 Å². The first-order valence-electron chi connectivity index (χ1n) is 14.5. The fraction of sp³-hybridized carbons (Fsp3) is 0.353. The SMILES string of the molecule is C=CC(=O)Nc1cc(NC(/N=C(\C(O)=C/C)c2cn3c4c(cccc24)CCC3)=C(C)C)c(C)cc1N(C)CCN(C)C. The van der Waals surface area contributed by atoms with Crippen molar-refractivity contribution >= 4 is 39.6 Å². The Labute approximate surface area is 249 Å². The zero-order chi connectivity index (χ0) is 30.6. The van der Waals surface area contributed by atoms with E-state index in [1.807, 2.05) is 54.9 Å². The number of hydrogen-bond acceptors (Lipinski definition) is 6. The summed E-state index contributed by atoms with van der Waals surface area (Å²) in [6, 6.07) is 10.4. The molecule has 0 radical (unpaired) electrons. The first kappa shape index (κ1) is 30.7. The van der Waals surface area contributed by atoms with Crippen LogP contribution in [0.15, 0.2) is 77.4 Å².